The molecule has 2 N–H and O–H groups in total. The average Bonchev–Trinajstić information content (AvgIpc) is 2.48. The van der Waals surface area contributed by atoms with E-state index < -0.39 is 11.9 Å². The van der Waals surface area contributed by atoms with E-state index in [1.165, 1.54) is 0 Å². The molecule has 1 aromatic rings. The highest BCUT2D eigenvalue weighted by Crippen LogP contribution is 2.26. The third-order valence-corrected chi connectivity index (χ3v) is 3.83. The Morgan fingerprint density at radius 1 is 1.29 bits per heavy atom. The molecule has 1 aromatic carbocycles. The lowest BCUT2D eigenvalue weighted by molar-refractivity contribution is -0.143. The molecule has 21 heavy (non-hydrogen) atoms. The van der Waals surface area contributed by atoms with E-state index in [9.17, 15) is 14.7 Å². The summed E-state index contributed by atoms with van der Waals surface area (Å²) in [5.74, 6) is -1.07. The highest BCUT2D eigenvalue weighted by Gasteiger charge is 2.32. The quantitative estimate of drug-likeness (QED) is 0.873. The second-order valence-corrected chi connectivity index (χ2v) is 5.24. The van der Waals surface area contributed by atoms with Crippen LogP contribution < -0.4 is 10.1 Å². The normalized spacial score (nSPS) is 21.6. The molecule has 5 heteroatoms. The van der Waals surface area contributed by atoms with Gasteiger partial charge in [0.15, 0.2) is 0 Å². The van der Waals surface area contributed by atoms with Gasteiger partial charge in [-0.05, 0) is 31.9 Å². The molecule has 1 saturated carbocycles. The van der Waals surface area contributed by atoms with E-state index in [1.807, 2.05) is 13.0 Å². The van der Waals surface area contributed by atoms with E-state index >= 15 is 0 Å². The monoisotopic (exact) mass is 291 g/mol. The molecule has 5 nitrogen and oxygen atoms in total. The molecule has 114 valence electrons. The standard InChI is InChI=1S/C16H21NO4/c1-2-21-14-10-6-4-8-12(14)15(18)17-13-9-5-3-7-11(13)16(19)20/h4,6,8,10-11,13H,2-3,5,7,9H2,1H3,(H,17,18)(H,19,20). The predicted octanol–water partition coefficient (Wildman–Crippen LogP) is 2.46. The highest BCUT2D eigenvalue weighted by atomic mass is 16.5. The minimum Gasteiger partial charge on any atom is -0.493 e. The first-order valence-electron chi connectivity index (χ1n) is 7.39. The third kappa shape index (κ3) is 3.74. The lowest BCUT2D eigenvalue weighted by atomic mass is 9.84. The largest absolute Gasteiger partial charge is 0.493 e. The van der Waals surface area contributed by atoms with Crippen molar-refractivity contribution >= 4 is 11.9 Å². The number of benzene rings is 1. The van der Waals surface area contributed by atoms with Gasteiger partial charge in [0.25, 0.3) is 5.91 Å². The molecule has 0 aliphatic heterocycles. The summed E-state index contributed by atoms with van der Waals surface area (Å²) in [5.41, 5.74) is 0.453. The summed E-state index contributed by atoms with van der Waals surface area (Å²) in [6.07, 6.45) is 3.17. The van der Waals surface area contributed by atoms with E-state index in [1.54, 1.807) is 18.2 Å². The van der Waals surface area contributed by atoms with Crippen LogP contribution in [0.25, 0.3) is 0 Å². The minimum atomic E-state index is -0.835. The zero-order valence-electron chi connectivity index (χ0n) is 12.2. The Bertz CT molecular complexity index is 515. The summed E-state index contributed by atoms with van der Waals surface area (Å²) in [7, 11) is 0. The lowest BCUT2D eigenvalue weighted by Crippen LogP contribution is -2.45. The van der Waals surface area contributed by atoms with Crippen molar-refractivity contribution in [3.8, 4) is 5.75 Å². The fraction of sp³-hybridized carbons (Fsp3) is 0.500. The molecule has 0 radical (unpaired) electrons. The molecule has 0 heterocycles. The van der Waals surface area contributed by atoms with Crippen molar-refractivity contribution in [3.05, 3.63) is 29.8 Å². The molecule has 1 aliphatic rings. The van der Waals surface area contributed by atoms with E-state index in [-0.39, 0.29) is 11.9 Å². The van der Waals surface area contributed by atoms with Crippen molar-refractivity contribution in [1.82, 2.24) is 5.32 Å². The Balaban J connectivity index is 2.11. The van der Waals surface area contributed by atoms with Gasteiger partial charge in [0, 0.05) is 6.04 Å². The second kappa shape index (κ2) is 7.11. The number of amides is 1. The molecule has 1 amide bonds. The number of rotatable bonds is 5. The molecule has 0 saturated heterocycles. The van der Waals surface area contributed by atoms with Crippen molar-refractivity contribution in [2.24, 2.45) is 5.92 Å². The van der Waals surface area contributed by atoms with Gasteiger partial charge in [-0.25, -0.2) is 0 Å². The number of nitrogens with one attached hydrogen (secondary N) is 1. The zero-order valence-corrected chi connectivity index (χ0v) is 12.2. The van der Waals surface area contributed by atoms with Crippen molar-refractivity contribution in [2.45, 2.75) is 38.6 Å². The molecular weight excluding hydrogens is 270 g/mol. The maximum atomic E-state index is 12.4. The van der Waals surface area contributed by atoms with Gasteiger partial charge in [0.2, 0.25) is 0 Å². The zero-order chi connectivity index (χ0) is 15.2. The number of carboxylic acid groups (broad SMARTS) is 1. The number of carbonyl (C=O) groups is 2. The number of carbonyl (C=O) groups excluding carboxylic acids is 1. The van der Waals surface area contributed by atoms with Crippen molar-refractivity contribution < 1.29 is 19.4 Å². The predicted molar refractivity (Wildman–Crippen MR) is 78.5 cm³/mol. The molecule has 0 bridgehead atoms. The molecule has 2 unspecified atom stereocenters. The summed E-state index contributed by atoms with van der Waals surface area (Å²) in [4.78, 5) is 23.7. The van der Waals surface area contributed by atoms with Crippen molar-refractivity contribution in [3.63, 3.8) is 0 Å². The molecule has 0 aromatic heterocycles. The van der Waals surface area contributed by atoms with Gasteiger partial charge in [-0.1, -0.05) is 25.0 Å². The van der Waals surface area contributed by atoms with E-state index in [4.69, 9.17) is 4.74 Å². The number of hydrogen-bond acceptors (Lipinski definition) is 3. The van der Waals surface area contributed by atoms with Gasteiger partial charge in [0.1, 0.15) is 5.75 Å². The Kier molecular flexibility index (Phi) is 5.20. The van der Waals surface area contributed by atoms with E-state index in [0.717, 1.165) is 12.8 Å². The highest BCUT2D eigenvalue weighted by molar-refractivity contribution is 5.97. The summed E-state index contributed by atoms with van der Waals surface area (Å²) < 4.78 is 5.44. The Labute approximate surface area is 124 Å². The van der Waals surface area contributed by atoms with Crippen LogP contribution in [0.4, 0.5) is 0 Å². The number of aliphatic carboxylic acids is 1. The Morgan fingerprint density at radius 3 is 2.71 bits per heavy atom. The van der Waals surface area contributed by atoms with Crippen LogP contribution in [-0.2, 0) is 4.79 Å². The molecule has 0 spiro atoms. The molecule has 2 rings (SSSR count). The first kappa shape index (κ1) is 15.4. The molecule has 1 fully saturated rings. The number of para-hydroxylation sites is 1. The number of ether oxygens (including phenoxy) is 1. The van der Waals surface area contributed by atoms with Crippen LogP contribution in [0.1, 0.15) is 43.0 Å². The molecular formula is C16H21NO4. The fourth-order valence-corrected chi connectivity index (χ4v) is 2.78. The van der Waals surface area contributed by atoms with E-state index in [2.05, 4.69) is 5.32 Å². The van der Waals surface area contributed by atoms with Crippen LogP contribution in [-0.4, -0.2) is 29.6 Å². The first-order valence-corrected chi connectivity index (χ1v) is 7.39. The van der Waals surface area contributed by atoms with Gasteiger partial charge in [-0.15, -0.1) is 0 Å². The van der Waals surface area contributed by atoms with E-state index in [0.29, 0.717) is 30.8 Å². The average molecular weight is 291 g/mol. The van der Waals surface area contributed by atoms with Crippen LogP contribution >= 0.6 is 0 Å². The minimum absolute atomic E-state index is 0.266. The maximum Gasteiger partial charge on any atom is 0.308 e. The SMILES string of the molecule is CCOc1ccccc1C(=O)NC1CCCCC1C(=O)O. The van der Waals surface area contributed by atoms with Crippen LogP contribution in [0.15, 0.2) is 24.3 Å². The smallest absolute Gasteiger partial charge is 0.308 e. The van der Waals surface area contributed by atoms with Gasteiger partial charge >= 0.3 is 5.97 Å². The Morgan fingerprint density at radius 2 is 2.00 bits per heavy atom. The number of hydrogen-bond donors (Lipinski definition) is 2. The maximum absolute atomic E-state index is 12.4. The van der Waals surface area contributed by atoms with Crippen molar-refractivity contribution in [1.29, 1.82) is 0 Å². The van der Waals surface area contributed by atoms with Crippen LogP contribution in [0.3, 0.4) is 0 Å². The number of carboxylic acids is 1. The summed E-state index contributed by atoms with van der Waals surface area (Å²) in [6, 6.07) is 6.71. The molecule has 2 atom stereocenters. The van der Waals surface area contributed by atoms with Gasteiger partial charge < -0.3 is 15.2 Å². The van der Waals surface area contributed by atoms with Crippen LogP contribution in [0.2, 0.25) is 0 Å². The van der Waals surface area contributed by atoms with Crippen LogP contribution in [0.5, 0.6) is 5.75 Å². The lowest BCUT2D eigenvalue weighted by Gasteiger charge is -2.29. The molecule has 1 aliphatic carbocycles. The topological polar surface area (TPSA) is 75.6 Å². The van der Waals surface area contributed by atoms with Gasteiger partial charge in [0.05, 0.1) is 18.1 Å². The van der Waals surface area contributed by atoms with Gasteiger partial charge in [-0.3, -0.25) is 9.59 Å². The Hall–Kier alpha value is -2.04. The summed E-state index contributed by atoms with van der Waals surface area (Å²) in [5, 5.41) is 12.1. The summed E-state index contributed by atoms with van der Waals surface area (Å²) in [6.45, 7) is 2.34. The first-order chi connectivity index (χ1) is 10.1. The van der Waals surface area contributed by atoms with Crippen molar-refractivity contribution in [2.75, 3.05) is 6.61 Å². The third-order valence-electron chi connectivity index (χ3n) is 3.83. The van der Waals surface area contributed by atoms with Gasteiger partial charge in [-0.2, -0.15) is 0 Å². The fourth-order valence-electron chi connectivity index (χ4n) is 2.78. The second-order valence-electron chi connectivity index (χ2n) is 5.24. The summed E-state index contributed by atoms with van der Waals surface area (Å²) >= 11 is 0. The van der Waals surface area contributed by atoms with Crippen LogP contribution in [0, 0.1) is 5.92 Å².